The zero-order valence-electron chi connectivity index (χ0n) is 17.2. The monoisotopic (exact) mass is 511 g/mol. The van der Waals surface area contributed by atoms with Crippen LogP contribution in [0.1, 0.15) is 24.1 Å². The van der Waals surface area contributed by atoms with E-state index in [9.17, 15) is 4.79 Å². The van der Waals surface area contributed by atoms with E-state index in [-0.39, 0.29) is 36.5 Å². The van der Waals surface area contributed by atoms with Gasteiger partial charge in [-0.1, -0.05) is 12.1 Å². The lowest BCUT2D eigenvalue weighted by molar-refractivity contribution is -0.123. The van der Waals surface area contributed by atoms with Gasteiger partial charge in [-0.15, -0.1) is 24.0 Å². The van der Waals surface area contributed by atoms with Crippen LogP contribution < -0.4 is 15.4 Å². The molecule has 1 heterocycles. The standard InChI is InChI=1S/C21H29N5O2.HI/c1-22-21(26(3)14-18-7-5-11-25(18)2)23-13-16-6-4-8-19(12-16)28-15-20(27)24-17-9-10-17;/h4-8,11-12,17H,9-10,13-15H2,1-3H3,(H,22,23)(H,24,27);1H. The number of carbonyl (C=O) groups excluding carboxylic acids is 1. The van der Waals surface area contributed by atoms with Crippen molar-refractivity contribution in [1.29, 1.82) is 0 Å². The highest BCUT2D eigenvalue weighted by atomic mass is 127. The number of hydrogen-bond donors (Lipinski definition) is 2. The van der Waals surface area contributed by atoms with Gasteiger partial charge < -0.3 is 24.8 Å². The molecule has 1 aliphatic rings. The number of carbonyl (C=O) groups is 1. The largest absolute Gasteiger partial charge is 0.484 e. The summed E-state index contributed by atoms with van der Waals surface area (Å²) >= 11 is 0. The Hall–Kier alpha value is -2.23. The predicted octanol–water partition coefficient (Wildman–Crippen LogP) is 2.51. The van der Waals surface area contributed by atoms with Gasteiger partial charge in [-0.05, 0) is 42.7 Å². The first-order chi connectivity index (χ1) is 13.5. The molecule has 0 radical (unpaired) electrons. The maximum atomic E-state index is 11.8. The highest BCUT2D eigenvalue weighted by Crippen LogP contribution is 2.18. The molecule has 0 unspecified atom stereocenters. The number of ether oxygens (including phenoxy) is 1. The van der Waals surface area contributed by atoms with Gasteiger partial charge >= 0.3 is 0 Å². The molecule has 0 atom stereocenters. The van der Waals surface area contributed by atoms with Crippen LogP contribution in [-0.4, -0.2) is 48.1 Å². The van der Waals surface area contributed by atoms with Gasteiger partial charge in [-0.2, -0.15) is 0 Å². The molecule has 7 nitrogen and oxygen atoms in total. The van der Waals surface area contributed by atoms with Gasteiger partial charge in [-0.25, -0.2) is 0 Å². The van der Waals surface area contributed by atoms with Crippen molar-refractivity contribution >= 4 is 35.8 Å². The van der Waals surface area contributed by atoms with E-state index in [1.54, 1.807) is 7.05 Å². The number of nitrogens with zero attached hydrogens (tertiary/aromatic N) is 3. The zero-order valence-corrected chi connectivity index (χ0v) is 19.6. The number of aryl methyl sites for hydroxylation is 1. The molecule has 0 bridgehead atoms. The zero-order chi connectivity index (χ0) is 19.9. The Morgan fingerprint density at radius 2 is 2.10 bits per heavy atom. The molecule has 0 spiro atoms. The number of aromatic nitrogens is 1. The van der Waals surface area contributed by atoms with E-state index in [4.69, 9.17) is 4.74 Å². The van der Waals surface area contributed by atoms with E-state index >= 15 is 0 Å². The first-order valence-electron chi connectivity index (χ1n) is 9.58. The van der Waals surface area contributed by atoms with Gasteiger partial charge in [0.25, 0.3) is 5.91 Å². The molecule has 1 amide bonds. The summed E-state index contributed by atoms with van der Waals surface area (Å²) in [7, 11) is 5.83. The van der Waals surface area contributed by atoms with E-state index in [0.717, 1.165) is 30.9 Å². The SMILES string of the molecule is CN=C(NCc1cccc(OCC(=O)NC2CC2)c1)N(C)Cc1cccn1C.I. The highest BCUT2D eigenvalue weighted by Gasteiger charge is 2.23. The molecule has 158 valence electrons. The van der Waals surface area contributed by atoms with Crippen molar-refractivity contribution in [1.82, 2.24) is 20.1 Å². The third-order valence-corrected chi connectivity index (χ3v) is 4.69. The molecule has 0 saturated heterocycles. The lowest BCUT2D eigenvalue weighted by Gasteiger charge is -2.22. The van der Waals surface area contributed by atoms with Gasteiger partial charge in [0.1, 0.15) is 5.75 Å². The number of benzene rings is 1. The van der Waals surface area contributed by atoms with Crippen molar-refractivity contribution < 1.29 is 9.53 Å². The van der Waals surface area contributed by atoms with Crippen molar-refractivity contribution in [2.24, 2.45) is 12.0 Å². The molecule has 2 N–H and O–H groups in total. The Labute approximate surface area is 189 Å². The number of halogens is 1. The fourth-order valence-corrected chi connectivity index (χ4v) is 2.94. The maximum Gasteiger partial charge on any atom is 0.258 e. The molecule has 1 aromatic carbocycles. The molecule has 29 heavy (non-hydrogen) atoms. The molecule has 1 aromatic heterocycles. The van der Waals surface area contributed by atoms with Crippen LogP contribution in [0.4, 0.5) is 0 Å². The Morgan fingerprint density at radius 3 is 2.76 bits per heavy atom. The lowest BCUT2D eigenvalue weighted by Crippen LogP contribution is -2.38. The van der Waals surface area contributed by atoms with Crippen LogP contribution in [0.3, 0.4) is 0 Å². The predicted molar refractivity (Wildman–Crippen MR) is 126 cm³/mol. The molecule has 1 saturated carbocycles. The summed E-state index contributed by atoms with van der Waals surface area (Å²) in [5, 5.41) is 6.30. The number of nitrogens with one attached hydrogen (secondary N) is 2. The Morgan fingerprint density at radius 1 is 1.31 bits per heavy atom. The normalized spacial score (nSPS) is 13.4. The van der Waals surface area contributed by atoms with E-state index < -0.39 is 0 Å². The molecule has 2 aromatic rings. The number of rotatable bonds is 8. The van der Waals surface area contributed by atoms with E-state index in [1.807, 2.05) is 50.6 Å². The summed E-state index contributed by atoms with van der Waals surface area (Å²) in [6, 6.07) is 12.3. The van der Waals surface area contributed by atoms with Crippen molar-refractivity contribution in [2.75, 3.05) is 20.7 Å². The van der Waals surface area contributed by atoms with Crippen LogP contribution in [0.25, 0.3) is 0 Å². The second kappa shape index (κ2) is 11.1. The summed E-state index contributed by atoms with van der Waals surface area (Å²) in [5.41, 5.74) is 2.28. The second-order valence-corrected chi connectivity index (χ2v) is 7.15. The fraction of sp³-hybridized carbons (Fsp3) is 0.429. The third-order valence-electron chi connectivity index (χ3n) is 4.69. The van der Waals surface area contributed by atoms with Gasteiger partial charge in [-0.3, -0.25) is 9.79 Å². The second-order valence-electron chi connectivity index (χ2n) is 7.15. The smallest absolute Gasteiger partial charge is 0.258 e. The summed E-state index contributed by atoms with van der Waals surface area (Å²) in [4.78, 5) is 18.2. The minimum atomic E-state index is -0.0614. The number of hydrogen-bond acceptors (Lipinski definition) is 3. The Kier molecular flexibility index (Phi) is 8.81. The lowest BCUT2D eigenvalue weighted by atomic mass is 10.2. The number of amides is 1. The van der Waals surface area contributed by atoms with Crippen LogP contribution in [0.15, 0.2) is 47.6 Å². The third kappa shape index (κ3) is 7.26. The Bertz CT molecular complexity index is 832. The highest BCUT2D eigenvalue weighted by molar-refractivity contribution is 14.0. The first kappa shape index (κ1) is 23.1. The van der Waals surface area contributed by atoms with Gasteiger partial charge in [0.2, 0.25) is 0 Å². The van der Waals surface area contributed by atoms with Crippen LogP contribution in [0.2, 0.25) is 0 Å². The van der Waals surface area contributed by atoms with Crippen LogP contribution >= 0.6 is 24.0 Å². The van der Waals surface area contributed by atoms with Crippen molar-refractivity contribution in [2.45, 2.75) is 32.0 Å². The molecule has 3 rings (SSSR count). The van der Waals surface area contributed by atoms with Crippen LogP contribution in [0, 0.1) is 0 Å². The van der Waals surface area contributed by atoms with Crippen molar-refractivity contribution in [3.63, 3.8) is 0 Å². The first-order valence-corrected chi connectivity index (χ1v) is 9.58. The summed E-state index contributed by atoms with van der Waals surface area (Å²) in [6.45, 7) is 1.44. The van der Waals surface area contributed by atoms with E-state index in [1.165, 1.54) is 5.69 Å². The quantitative estimate of drug-likeness (QED) is 0.325. The van der Waals surface area contributed by atoms with E-state index in [0.29, 0.717) is 18.3 Å². The molecular weight excluding hydrogens is 481 g/mol. The minimum Gasteiger partial charge on any atom is -0.484 e. The van der Waals surface area contributed by atoms with Gasteiger partial charge in [0.05, 0.1) is 6.54 Å². The van der Waals surface area contributed by atoms with E-state index in [2.05, 4.69) is 31.2 Å². The fourth-order valence-electron chi connectivity index (χ4n) is 2.94. The number of aliphatic imine (C=N–C) groups is 1. The molecule has 0 aliphatic heterocycles. The average Bonchev–Trinajstić information content (AvgIpc) is 3.41. The van der Waals surface area contributed by atoms with Crippen LogP contribution in [-0.2, 0) is 24.9 Å². The van der Waals surface area contributed by atoms with Gasteiger partial charge in [0, 0.05) is 45.6 Å². The van der Waals surface area contributed by atoms with Crippen molar-refractivity contribution in [3.05, 3.63) is 53.9 Å². The van der Waals surface area contributed by atoms with Gasteiger partial charge in [0.15, 0.2) is 12.6 Å². The summed E-state index contributed by atoms with van der Waals surface area (Å²) in [5.74, 6) is 1.45. The summed E-state index contributed by atoms with van der Waals surface area (Å²) < 4.78 is 7.72. The topological polar surface area (TPSA) is 70.9 Å². The Balaban J connectivity index is 0.00000300. The molecule has 1 aliphatic carbocycles. The molecular formula is C21H30IN5O2. The van der Waals surface area contributed by atoms with Crippen molar-refractivity contribution in [3.8, 4) is 5.75 Å². The minimum absolute atomic E-state index is 0. The summed E-state index contributed by atoms with van der Waals surface area (Å²) in [6.07, 6.45) is 4.19. The average molecular weight is 511 g/mol. The van der Waals surface area contributed by atoms with Crippen LogP contribution in [0.5, 0.6) is 5.75 Å². The molecule has 8 heteroatoms. The molecule has 1 fully saturated rings. The number of guanidine groups is 1. The maximum absolute atomic E-state index is 11.8.